The zero-order valence-electron chi connectivity index (χ0n) is 12.5. The highest BCUT2D eigenvalue weighted by Crippen LogP contribution is 2.31. The zero-order valence-corrected chi connectivity index (χ0v) is 12.5. The van der Waals surface area contributed by atoms with Crippen molar-refractivity contribution in [3.8, 4) is 0 Å². The van der Waals surface area contributed by atoms with Crippen LogP contribution in [0.25, 0.3) is 0 Å². The molecule has 1 saturated heterocycles. The zero-order chi connectivity index (χ0) is 14.0. The summed E-state index contributed by atoms with van der Waals surface area (Å²) in [6.07, 6.45) is 3.12. The van der Waals surface area contributed by atoms with Gasteiger partial charge in [-0.25, -0.2) is 0 Å². The molecule has 1 aliphatic heterocycles. The Kier molecular flexibility index (Phi) is 4.29. The SMILES string of the molecule is Cc1cc(C)c(CC(NN)C2(C)CCCO2)c(C)c1. The van der Waals surface area contributed by atoms with Gasteiger partial charge in [-0.1, -0.05) is 17.7 Å². The van der Waals surface area contributed by atoms with Crippen molar-refractivity contribution < 1.29 is 4.74 Å². The highest BCUT2D eigenvalue weighted by molar-refractivity contribution is 5.38. The van der Waals surface area contributed by atoms with Gasteiger partial charge in [0, 0.05) is 6.61 Å². The number of benzene rings is 1. The number of hydrazine groups is 1. The van der Waals surface area contributed by atoms with Crippen molar-refractivity contribution in [3.05, 3.63) is 34.4 Å². The highest BCUT2D eigenvalue weighted by Gasteiger charge is 2.38. The first-order valence-electron chi connectivity index (χ1n) is 7.13. The quantitative estimate of drug-likeness (QED) is 0.647. The van der Waals surface area contributed by atoms with E-state index in [1.807, 2.05) is 0 Å². The molecule has 2 rings (SSSR count). The van der Waals surface area contributed by atoms with Crippen LogP contribution in [0.5, 0.6) is 0 Å². The van der Waals surface area contributed by atoms with Crippen molar-refractivity contribution in [3.63, 3.8) is 0 Å². The lowest BCUT2D eigenvalue weighted by Gasteiger charge is -2.33. The molecule has 19 heavy (non-hydrogen) atoms. The molecule has 0 radical (unpaired) electrons. The van der Waals surface area contributed by atoms with Gasteiger partial charge in [0.15, 0.2) is 0 Å². The molecule has 0 amide bonds. The Hall–Kier alpha value is -0.900. The smallest absolute Gasteiger partial charge is 0.0824 e. The van der Waals surface area contributed by atoms with Crippen LogP contribution < -0.4 is 11.3 Å². The van der Waals surface area contributed by atoms with E-state index in [0.717, 1.165) is 25.9 Å². The molecular weight excluding hydrogens is 236 g/mol. The molecule has 106 valence electrons. The lowest BCUT2D eigenvalue weighted by atomic mass is 9.86. The van der Waals surface area contributed by atoms with E-state index in [2.05, 4.69) is 45.3 Å². The molecular formula is C16H26N2O. The minimum Gasteiger partial charge on any atom is -0.374 e. The van der Waals surface area contributed by atoms with Crippen molar-refractivity contribution in [1.29, 1.82) is 0 Å². The predicted molar refractivity (Wildman–Crippen MR) is 79.1 cm³/mol. The molecule has 0 aliphatic carbocycles. The molecule has 0 saturated carbocycles. The molecule has 1 aromatic rings. The molecule has 0 spiro atoms. The van der Waals surface area contributed by atoms with Crippen LogP contribution in [0.1, 0.15) is 42.0 Å². The van der Waals surface area contributed by atoms with Gasteiger partial charge in [-0.2, -0.15) is 0 Å². The van der Waals surface area contributed by atoms with Crippen LogP contribution in [-0.4, -0.2) is 18.2 Å². The van der Waals surface area contributed by atoms with Crippen molar-refractivity contribution in [2.45, 2.75) is 58.6 Å². The molecule has 3 nitrogen and oxygen atoms in total. The first kappa shape index (κ1) is 14.5. The fourth-order valence-corrected chi connectivity index (χ4v) is 3.26. The Bertz CT molecular complexity index is 427. The number of hydrogen-bond donors (Lipinski definition) is 2. The van der Waals surface area contributed by atoms with E-state index in [-0.39, 0.29) is 11.6 Å². The van der Waals surface area contributed by atoms with Crippen LogP contribution in [0.3, 0.4) is 0 Å². The van der Waals surface area contributed by atoms with E-state index in [4.69, 9.17) is 10.6 Å². The summed E-state index contributed by atoms with van der Waals surface area (Å²) in [6.45, 7) is 9.52. The van der Waals surface area contributed by atoms with E-state index in [1.165, 1.54) is 22.3 Å². The number of rotatable bonds is 4. The summed E-state index contributed by atoms with van der Waals surface area (Å²) in [6, 6.07) is 4.65. The van der Waals surface area contributed by atoms with Gasteiger partial charge >= 0.3 is 0 Å². The van der Waals surface area contributed by atoms with Gasteiger partial charge in [-0.3, -0.25) is 11.3 Å². The molecule has 2 atom stereocenters. The van der Waals surface area contributed by atoms with Crippen molar-refractivity contribution in [2.24, 2.45) is 5.84 Å². The summed E-state index contributed by atoms with van der Waals surface area (Å²) in [7, 11) is 0. The van der Waals surface area contributed by atoms with Crippen LogP contribution in [-0.2, 0) is 11.2 Å². The van der Waals surface area contributed by atoms with E-state index in [1.54, 1.807) is 0 Å². The first-order chi connectivity index (χ1) is 8.96. The Labute approximate surface area is 116 Å². The Morgan fingerprint density at radius 3 is 2.42 bits per heavy atom. The number of aryl methyl sites for hydroxylation is 3. The van der Waals surface area contributed by atoms with Gasteiger partial charge in [0.05, 0.1) is 11.6 Å². The summed E-state index contributed by atoms with van der Waals surface area (Å²) < 4.78 is 5.93. The van der Waals surface area contributed by atoms with E-state index in [0.29, 0.717) is 0 Å². The van der Waals surface area contributed by atoms with Crippen molar-refractivity contribution in [1.82, 2.24) is 5.43 Å². The van der Waals surface area contributed by atoms with Crippen LogP contribution in [0.2, 0.25) is 0 Å². The maximum absolute atomic E-state index is 5.93. The van der Waals surface area contributed by atoms with E-state index >= 15 is 0 Å². The topological polar surface area (TPSA) is 47.3 Å². The lowest BCUT2D eigenvalue weighted by molar-refractivity contribution is -0.0115. The van der Waals surface area contributed by atoms with Gasteiger partial charge in [0.25, 0.3) is 0 Å². The monoisotopic (exact) mass is 262 g/mol. The third-order valence-electron chi connectivity index (χ3n) is 4.44. The maximum atomic E-state index is 5.93. The minimum atomic E-state index is -0.140. The second-order valence-corrected chi connectivity index (χ2v) is 6.07. The molecule has 1 aliphatic rings. The minimum absolute atomic E-state index is 0.140. The average Bonchev–Trinajstić information content (AvgIpc) is 2.76. The Morgan fingerprint density at radius 2 is 1.95 bits per heavy atom. The molecule has 3 heteroatoms. The van der Waals surface area contributed by atoms with Gasteiger partial charge < -0.3 is 4.74 Å². The standard InChI is InChI=1S/C16H26N2O/c1-11-8-12(2)14(13(3)9-11)10-15(18-17)16(4)6-5-7-19-16/h8-9,15,18H,5-7,10,17H2,1-4H3. The van der Waals surface area contributed by atoms with Gasteiger partial charge in [-0.15, -0.1) is 0 Å². The second kappa shape index (κ2) is 5.61. The third-order valence-corrected chi connectivity index (χ3v) is 4.44. The average molecular weight is 262 g/mol. The molecule has 3 N–H and O–H groups in total. The third kappa shape index (κ3) is 2.99. The van der Waals surface area contributed by atoms with Crippen LogP contribution in [0, 0.1) is 20.8 Å². The van der Waals surface area contributed by atoms with Gasteiger partial charge in [0.1, 0.15) is 0 Å². The van der Waals surface area contributed by atoms with E-state index in [9.17, 15) is 0 Å². The normalized spacial score (nSPS) is 24.7. The fourth-order valence-electron chi connectivity index (χ4n) is 3.26. The van der Waals surface area contributed by atoms with Crippen molar-refractivity contribution >= 4 is 0 Å². The first-order valence-corrected chi connectivity index (χ1v) is 7.13. The Morgan fingerprint density at radius 1 is 1.32 bits per heavy atom. The summed E-state index contributed by atoms with van der Waals surface area (Å²) in [5.41, 5.74) is 8.24. The molecule has 1 aromatic carbocycles. The van der Waals surface area contributed by atoms with Gasteiger partial charge in [-0.05, 0) is 63.6 Å². The Balaban J connectivity index is 2.23. The summed E-state index contributed by atoms with van der Waals surface area (Å²) >= 11 is 0. The highest BCUT2D eigenvalue weighted by atomic mass is 16.5. The van der Waals surface area contributed by atoms with Crippen LogP contribution in [0.15, 0.2) is 12.1 Å². The molecule has 2 unspecified atom stereocenters. The van der Waals surface area contributed by atoms with Crippen molar-refractivity contribution in [2.75, 3.05) is 6.61 Å². The van der Waals surface area contributed by atoms with Crippen LogP contribution >= 0.6 is 0 Å². The second-order valence-electron chi connectivity index (χ2n) is 6.07. The number of hydrogen-bond acceptors (Lipinski definition) is 3. The van der Waals surface area contributed by atoms with E-state index < -0.39 is 0 Å². The molecule has 1 heterocycles. The number of nitrogens with two attached hydrogens (primary N) is 1. The lowest BCUT2D eigenvalue weighted by Crippen LogP contribution is -2.52. The summed E-state index contributed by atoms with van der Waals surface area (Å²) in [5, 5.41) is 0. The number of ether oxygens (including phenoxy) is 1. The molecule has 0 aromatic heterocycles. The predicted octanol–water partition coefficient (Wildman–Crippen LogP) is 2.56. The summed E-state index contributed by atoms with van der Waals surface area (Å²) in [5.74, 6) is 5.79. The maximum Gasteiger partial charge on any atom is 0.0824 e. The fraction of sp³-hybridized carbons (Fsp3) is 0.625. The summed E-state index contributed by atoms with van der Waals surface area (Å²) in [4.78, 5) is 0. The molecule has 0 bridgehead atoms. The molecule has 1 fully saturated rings. The number of nitrogens with one attached hydrogen (secondary N) is 1. The van der Waals surface area contributed by atoms with Crippen LogP contribution in [0.4, 0.5) is 0 Å². The van der Waals surface area contributed by atoms with Gasteiger partial charge in [0.2, 0.25) is 0 Å². The largest absolute Gasteiger partial charge is 0.374 e.